The molecule has 1 atom stereocenters. The molecule has 0 aromatic heterocycles. The van der Waals surface area contributed by atoms with Crippen molar-refractivity contribution in [1.82, 2.24) is 0 Å². The summed E-state index contributed by atoms with van der Waals surface area (Å²) in [6.07, 6.45) is 1.34. The molecule has 4 heteroatoms. The third-order valence-corrected chi connectivity index (χ3v) is 3.96. The highest BCUT2D eigenvalue weighted by Gasteiger charge is 2.12. The molecule has 2 nitrogen and oxygen atoms in total. The first-order chi connectivity index (χ1) is 9.15. The lowest BCUT2D eigenvalue weighted by Gasteiger charge is -2.13. The first kappa shape index (κ1) is 14.3. The van der Waals surface area contributed by atoms with Gasteiger partial charge in [-0.2, -0.15) is 0 Å². The number of aliphatic hydroxyl groups is 1. The molecule has 0 radical (unpaired) electrons. The van der Waals surface area contributed by atoms with Gasteiger partial charge >= 0.3 is 0 Å². The van der Waals surface area contributed by atoms with Gasteiger partial charge in [0.05, 0.1) is 12.1 Å². The summed E-state index contributed by atoms with van der Waals surface area (Å²) < 4.78 is 5.10. The highest BCUT2D eigenvalue weighted by atomic mass is 35.5. The van der Waals surface area contributed by atoms with Crippen molar-refractivity contribution >= 4 is 23.4 Å². The monoisotopic (exact) mass is 294 g/mol. The second-order valence-electron chi connectivity index (χ2n) is 4.07. The van der Waals surface area contributed by atoms with Crippen LogP contribution in [0, 0.1) is 0 Å². The van der Waals surface area contributed by atoms with Crippen LogP contribution in [0.1, 0.15) is 17.2 Å². The van der Waals surface area contributed by atoms with Gasteiger partial charge in [-0.25, -0.2) is 0 Å². The molecule has 0 aliphatic heterocycles. The Morgan fingerprint density at radius 3 is 2.26 bits per heavy atom. The van der Waals surface area contributed by atoms with Gasteiger partial charge in [0.1, 0.15) is 11.9 Å². The second kappa shape index (κ2) is 6.33. The predicted octanol–water partition coefficient (Wildman–Crippen LogP) is 4.15. The average molecular weight is 295 g/mol. The van der Waals surface area contributed by atoms with E-state index in [1.54, 1.807) is 31.0 Å². The molecule has 0 saturated heterocycles. The fourth-order valence-corrected chi connectivity index (χ4v) is 2.51. The maximum Gasteiger partial charge on any atom is 0.137 e. The number of rotatable bonds is 4. The Kier molecular flexibility index (Phi) is 4.75. The van der Waals surface area contributed by atoms with E-state index in [9.17, 15) is 5.11 Å². The molecule has 1 N–H and O–H groups in total. The molecule has 2 aromatic carbocycles. The second-order valence-corrected chi connectivity index (χ2v) is 5.36. The summed E-state index contributed by atoms with van der Waals surface area (Å²) in [5.41, 5.74) is 1.60. The Labute approximate surface area is 122 Å². The van der Waals surface area contributed by atoms with Crippen molar-refractivity contribution in [3.63, 3.8) is 0 Å². The maximum absolute atomic E-state index is 10.3. The molecule has 0 heterocycles. The zero-order valence-corrected chi connectivity index (χ0v) is 12.3. The summed E-state index contributed by atoms with van der Waals surface area (Å²) >= 11 is 7.74. The molecular weight excluding hydrogens is 280 g/mol. The van der Waals surface area contributed by atoms with Crippen LogP contribution in [0.2, 0.25) is 5.02 Å². The molecule has 0 saturated carbocycles. The predicted molar refractivity (Wildman–Crippen MR) is 80.3 cm³/mol. The van der Waals surface area contributed by atoms with Crippen LogP contribution in [-0.4, -0.2) is 18.5 Å². The smallest absolute Gasteiger partial charge is 0.137 e. The minimum atomic E-state index is -0.681. The van der Waals surface area contributed by atoms with Crippen molar-refractivity contribution in [3.05, 3.63) is 58.6 Å². The van der Waals surface area contributed by atoms with Crippen molar-refractivity contribution in [2.45, 2.75) is 11.0 Å². The van der Waals surface area contributed by atoms with E-state index in [0.717, 1.165) is 11.1 Å². The highest BCUT2D eigenvalue weighted by Crippen LogP contribution is 2.30. The summed E-state index contributed by atoms with van der Waals surface area (Å²) in [5, 5.41) is 10.8. The van der Waals surface area contributed by atoms with Gasteiger partial charge in [-0.15, -0.1) is 11.8 Å². The maximum atomic E-state index is 10.3. The Morgan fingerprint density at radius 1 is 1.11 bits per heavy atom. The quantitative estimate of drug-likeness (QED) is 0.859. The number of methoxy groups -OCH3 is 1. The number of hydrogen-bond acceptors (Lipinski definition) is 3. The van der Waals surface area contributed by atoms with Crippen molar-refractivity contribution in [1.29, 1.82) is 0 Å². The van der Waals surface area contributed by atoms with Crippen molar-refractivity contribution in [2.24, 2.45) is 0 Å². The van der Waals surface area contributed by atoms with Crippen LogP contribution in [0.15, 0.2) is 47.4 Å². The van der Waals surface area contributed by atoms with Crippen LogP contribution >= 0.6 is 23.4 Å². The van der Waals surface area contributed by atoms with Gasteiger partial charge in [-0.05, 0) is 41.6 Å². The van der Waals surface area contributed by atoms with E-state index in [4.69, 9.17) is 16.3 Å². The fourth-order valence-electron chi connectivity index (χ4n) is 1.83. The lowest BCUT2D eigenvalue weighted by Crippen LogP contribution is -1.99. The Bertz CT molecular complexity index is 555. The van der Waals surface area contributed by atoms with Gasteiger partial charge in [0.25, 0.3) is 0 Å². The zero-order valence-electron chi connectivity index (χ0n) is 10.8. The first-order valence-electron chi connectivity index (χ1n) is 5.81. The molecule has 0 fully saturated rings. The summed E-state index contributed by atoms with van der Waals surface area (Å²) in [6, 6.07) is 13.1. The minimum Gasteiger partial charge on any atom is -0.495 e. The third kappa shape index (κ3) is 3.24. The van der Waals surface area contributed by atoms with Crippen LogP contribution in [-0.2, 0) is 0 Å². The summed E-state index contributed by atoms with van der Waals surface area (Å²) in [5.74, 6) is 0.607. The Hall–Kier alpha value is -1.16. The van der Waals surface area contributed by atoms with Gasteiger partial charge in [0.15, 0.2) is 0 Å². The Balaban J connectivity index is 2.27. The van der Waals surface area contributed by atoms with Gasteiger partial charge in [0, 0.05) is 4.90 Å². The summed E-state index contributed by atoms with van der Waals surface area (Å²) in [4.78, 5) is 1.17. The molecule has 0 amide bonds. The normalized spacial score (nSPS) is 12.2. The van der Waals surface area contributed by atoms with Crippen LogP contribution in [0.25, 0.3) is 0 Å². The molecule has 19 heavy (non-hydrogen) atoms. The molecule has 2 aromatic rings. The number of ether oxygens (including phenoxy) is 1. The fraction of sp³-hybridized carbons (Fsp3) is 0.200. The van der Waals surface area contributed by atoms with E-state index in [0.29, 0.717) is 10.8 Å². The van der Waals surface area contributed by atoms with Crippen molar-refractivity contribution < 1.29 is 9.84 Å². The van der Waals surface area contributed by atoms with Crippen LogP contribution in [0.5, 0.6) is 5.75 Å². The number of halogens is 1. The topological polar surface area (TPSA) is 29.5 Å². The molecule has 0 bridgehead atoms. The van der Waals surface area contributed by atoms with Crippen LogP contribution < -0.4 is 4.74 Å². The number of aliphatic hydroxyl groups excluding tert-OH is 1. The SMILES string of the molecule is COc1ccc(C(O)c2ccc(SC)cc2)cc1Cl. The van der Waals surface area contributed by atoms with Gasteiger partial charge in [-0.3, -0.25) is 0 Å². The van der Waals surface area contributed by atoms with Gasteiger partial charge in [0.2, 0.25) is 0 Å². The number of thioether (sulfide) groups is 1. The van der Waals surface area contributed by atoms with Crippen LogP contribution in [0.3, 0.4) is 0 Å². The number of hydrogen-bond donors (Lipinski definition) is 1. The molecule has 0 spiro atoms. The van der Waals surface area contributed by atoms with Crippen molar-refractivity contribution in [3.8, 4) is 5.75 Å². The van der Waals surface area contributed by atoms with E-state index in [1.165, 1.54) is 4.90 Å². The molecule has 0 aliphatic rings. The molecule has 100 valence electrons. The zero-order chi connectivity index (χ0) is 13.8. The van der Waals surface area contributed by atoms with E-state index < -0.39 is 6.10 Å². The van der Waals surface area contributed by atoms with E-state index >= 15 is 0 Å². The van der Waals surface area contributed by atoms with E-state index in [1.807, 2.05) is 36.6 Å². The van der Waals surface area contributed by atoms with Gasteiger partial charge < -0.3 is 9.84 Å². The van der Waals surface area contributed by atoms with E-state index in [2.05, 4.69) is 0 Å². The molecule has 2 rings (SSSR count). The average Bonchev–Trinajstić information content (AvgIpc) is 2.46. The number of benzene rings is 2. The third-order valence-electron chi connectivity index (χ3n) is 2.92. The first-order valence-corrected chi connectivity index (χ1v) is 7.41. The lowest BCUT2D eigenvalue weighted by molar-refractivity contribution is 0.220. The Morgan fingerprint density at radius 2 is 1.74 bits per heavy atom. The highest BCUT2D eigenvalue weighted by molar-refractivity contribution is 7.98. The summed E-state index contributed by atoms with van der Waals surface area (Å²) in [7, 11) is 1.57. The summed E-state index contributed by atoms with van der Waals surface area (Å²) in [6.45, 7) is 0. The molecule has 1 unspecified atom stereocenters. The van der Waals surface area contributed by atoms with Crippen molar-refractivity contribution in [2.75, 3.05) is 13.4 Å². The minimum absolute atomic E-state index is 0.500. The van der Waals surface area contributed by atoms with E-state index in [-0.39, 0.29) is 0 Å². The standard InChI is InChI=1S/C15H15ClO2S/c1-18-14-8-5-11(9-13(14)16)15(17)10-3-6-12(19-2)7-4-10/h3-9,15,17H,1-2H3. The molecular formula is C15H15ClO2S. The lowest BCUT2D eigenvalue weighted by atomic mass is 10.0. The molecule has 0 aliphatic carbocycles. The van der Waals surface area contributed by atoms with Crippen LogP contribution in [0.4, 0.5) is 0 Å². The van der Waals surface area contributed by atoms with Gasteiger partial charge in [-0.1, -0.05) is 29.8 Å². The largest absolute Gasteiger partial charge is 0.495 e.